The van der Waals surface area contributed by atoms with Gasteiger partial charge in [0.2, 0.25) is 0 Å². The number of nitrogens with zero attached hydrogens (tertiary/aromatic N) is 3. The molecule has 4 aromatic rings. The monoisotopic (exact) mass is 473 g/mol. The van der Waals surface area contributed by atoms with Crippen LogP contribution in [0.2, 0.25) is 10.0 Å². The molecular formula is C21H14Cl2FN5OS. The molecule has 2 N–H and O–H groups in total. The van der Waals surface area contributed by atoms with Crippen LogP contribution in [-0.2, 0) is 0 Å². The second-order valence-corrected chi connectivity index (χ2v) is 7.91. The normalized spacial score (nSPS) is 10.8. The van der Waals surface area contributed by atoms with Gasteiger partial charge in [0, 0.05) is 10.7 Å². The van der Waals surface area contributed by atoms with E-state index < -0.39 is 5.91 Å². The summed E-state index contributed by atoms with van der Waals surface area (Å²) in [5.41, 5.74) is 3.66. The molecule has 1 aromatic heterocycles. The van der Waals surface area contributed by atoms with Gasteiger partial charge in [-0.2, -0.15) is 4.80 Å². The molecule has 0 spiro atoms. The SMILES string of the molecule is Cc1cc2nn(-c3ccc(F)cc3)nc2cc1NC(=S)NC(=O)c1ccc(Cl)cc1Cl. The van der Waals surface area contributed by atoms with E-state index in [1.54, 1.807) is 24.3 Å². The number of carbonyl (C=O) groups excluding carboxylic acids is 1. The molecule has 156 valence electrons. The van der Waals surface area contributed by atoms with Crippen LogP contribution in [0.5, 0.6) is 0 Å². The number of hydrogen-bond acceptors (Lipinski definition) is 4. The molecule has 4 rings (SSSR count). The van der Waals surface area contributed by atoms with Crippen molar-refractivity contribution >= 4 is 63.2 Å². The topological polar surface area (TPSA) is 71.8 Å². The third kappa shape index (κ3) is 4.66. The summed E-state index contributed by atoms with van der Waals surface area (Å²) in [6.45, 7) is 1.87. The van der Waals surface area contributed by atoms with Crippen molar-refractivity contribution in [1.82, 2.24) is 20.3 Å². The standard InChI is InChI=1S/C21H14Cl2FN5OS/c1-11-8-18-19(28-29(27-18)14-5-3-13(24)4-6-14)10-17(11)25-21(31)26-20(30)15-7-2-12(22)9-16(15)23/h2-10H,1H3,(H2,25,26,30,31). The Morgan fingerprint density at radius 3 is 2.39 bits per heavy atom. The fourth-order valence-corrected chi connectivity index (χ4v) is 3.59. The highest BCUT2D eigenvalue weighted by Crippen LogP contribution is 2.23. The van der Waals surface area contributed by atoms with Gasteiger partial charge >= 0.3 is 0 Å². The molecular weight excluding hydrogens is 460 g/mol. The van der Waals surface area contributed by atoms with Gasteiger partial charge in [-0.1, -0.05) is 23.2 Å². The quantitative estimate of drug-likeness (QED) is 0.395. The molecule has 10 heteroatoms. The first-order valence-corrected chi connectivity index (χ1v) is 10.2. The first-order valence-electron chi connectivity index (χ1n) is 9.01. The molecule has 1 amide bonds. The van der Waals surface area contributed by atoms with E-state index in [0.717, 1.165) is 5.56 Å². The molecule has 31 heavy (non-hydrogen) atoms. The van der Waals surface area contributed by atoms with Crippen LogP contribution in [0.4, 0.5) is 10.1 Å². The summed E-state index contributed by atoms with van der Waals surface area (Å²) >= 11 is 17.2. The Hall–Kier alpha value is -3.07. The third-order valence-electron chi connectivity index (χ3n) is 4.44. The summed E-state index contributed by atoms with van der Waals surface area (Å²) in [6, 6.07) is 14.0. The van der Waals surface area contributed by atoms with Crippen LogP contribution < -0.4 is 10.6 Å². The van der Waals surface area contributed by atoms with E-state index in [1.165, 1.54) is 29.1 Å². The van der Waals surface area contributed by atoms with Gasteiger partial charge in [-0.05, 0) is 79.3 Å². The highest BCUT2D eigenvalue weighted by molar-refractivity contribution is 7.80. The number of halogens is 3. The minimum atomic E-state index is -0.458. The van der Waals surface area contributed by atoms with Gasteiger partial charge in [-0.15, -0.1) is 10.2 Å². The van der Waals surface area contributed by atoms with Gasteiger partial charge in [0.25, 0.3) is 5.91 Å². The van der Waals surface area contributed by atoms with Crippen molar-refractivity contribution in [2.45, 2.75) is 6.92 Å². The van der Waals surface area contributed by atoms with E-state index in [1.807, 2.05) is 13.0 Å². The van der Waals surface area contributed by atoms with E-state index in [9.17, 15) is 9.18 Å². The summed E-state index contributed by atoms with van der Waals surface area (Å²) in [4.78, 5) is 13.9. The van der Waals surface area contributed by atoms with E-state index >= 15 is 0 Å². The van der Waals surface area contributed by atoms with Gasteiger partial charge < -0.3 is 5.32 Å². The molecule has 0 radical (unpaired) electrons. The largest absolute Gasteiger partial charge is 0.332 e. The minimum absolute atomic E-state index is 0.101. The van der Waals surface area contributed by atoms with Crippen molar-refractivity contribution in [3.8, 4) is 5.69 Å². The first kappa shape index (κ1) is 21.2. The Bertz CT molecular complexity index is 1320. The lowest BCUT2D eigenvalue weighted by molar-refractivity contribution is 0.0978. The number of fused-ring (bicyclic) bond motifs is 1. The lowest BCUT2D eigenvalue weighted by atomic mass is 10.2. The van der Waals surface area contributed by atoms with Crippen molar-refractivity contribution in [3.05, 3.63) is 81.6 Å². The maximum Gasteiger partial charge on any atom is 0.258 e. The molecule has 0 aliphatic carbocycles. The molecule has 0 aliphatic rings. The van der Waals surface area contributed by atoms with Crippen LogP contribution in [0.25, 0.3) is 16.7 Å². The van der Waals surface area contributed by atoms with Crippen molar-refractivity contribution < 1.29 is 9.18 Å². The summed E-state index contributed by atoms with van der Waals surface area (Å²) in [5, 5.41) is 15.2. The van der Waals surface area contributed by atoms with E-state index in [4.69, 9.17) is 35.4 Å². The van der Waals surface area contributed by atoms with E-state index in [2.05, 4.69) is 20.8 Å². The van der Waals surface area contributed by atoms with Crippen LogP contribution in [0.15, 0.2) is 54.6 Å². The smallest absolute Gasteiger partial charge is 0.258 e. The number of nitrogens with one attached hydrogen (secondary N) is 2. The number of benzene rings is 3. The highest BCUT2D eigenvalue weighted by atomic mass is 35.5. The van der Waals surface area contributed by atoms with Crippen molar-refractivity contribution in [2.24, 2.45) is 0 Å². The zero-order chi connectivity index (χ0) is 22.1. The molecule has 3 aromatic carbocycles. The van der Waals surface area contributed by atoms with Crippen molar-refractivity contribution in [1.29, 1.82) is 0 Å². The number of carbonyl (C=O) groups is 1. The zero-order valence-corrected chi connectivity index (χ0v) is 18.3. The molecule has 0 fully saturated rings. The van der Waals surface area contributed by atoms with Gasteiger partial charge in [0.05, 0.1) is 16.3 Å². The van der Waals surface area contributed by atoms with Crippen LogP contribution >= 0.6 is 35.4 Å². The molecule has 6 nitrogen and oxygen atoms in total. The zero-order valence-electron chi connectivity index (χ0n) is 16.0. The predicted molar refractivity (Wildman–Crippen MR) is 124 cm³/mol. The Morgan fingerprint density at radius 2 is 1.71 bits per heavy atom. The highest BCUT2D eigenvalue weighted by Gasteiger charge is 2.14. The van der Waals surface area contributed by atoms with Crippen molar-refractivity contribution in [2.75, 3.05) is 5.32 Å². The van der Waals surface area contributed by atoms with Gasteiger partial charge in [0.1, 0.15) is 16.9 Å². The van der Waals surface area contributed by atoms with E-state index in [0.29, 0.717) is 27.4 Å². The third-order valence-corrected chi connectivity index (χ3v) is 5.19. The predicted octanol–water partition coefficient (Wildman–Crippen LogP) is 5.30. The van der Waals surface area contributed by atoms with Crippen LogP contribution in [0, 0.1) is 12.7 Å². The van der Waals surface area contributed by atoms with Gasteiger partial charge in [-0.25, -0.2) is 4.39 Å². The second-order valence-electron chi connectivity index (χ2n) is 6.65. The average molecular weight is 474 g/mol. The van der Waals surface area contributed by atoms with Crippen LogP contribution in [0.1, 0.15) is 15.9 Å². The number of anilines is 1. The van der Waals surface area contributed by atoms with Crippen molar-refractivity contribution in [3.63, 3.8) is 0 Å². The minimum Gasteiger partial charge on any atom is -0.332 e. The summed E-state index contributed by atoms with van der Waals surface area (Å²) < 4.78 is 13.2. The summed E-state index contributed by atoms with van der Waals surface area (Å²) in [6.07, 6.45) is 0. The lowest BCUT2D eigenvalue weighted by Crippen LogP contribution is -2.34. The number of hydrogen-bond donors (Lipinski definition) is 2. The molecule has 0 saturated carbocycles. The summed E-state index contributed by atoms with van der Waals surface area (Å²) in [7, 11) is 0. The molecule has 1 heterocycles. The number of thiocarbonyl (C=S) groups is 1. The molecule has 0 unspecified atom stereocenters. The summed E-state index contributed by atoms with van der Waals surface area (Å²) in [5.74, 6) is -0.793. The first-order chi connectivity index (χ1) is 14.8. The fraction of sp³-hybridized carbons (Fsp3) is 0.0476. The van der Waals surface area contributed by atoms with Crippen LogP contribution in [0.3, 0.4) is 0 Å². The number of amides is 1. The molecule has 0 saturated heterocycles. The van der Waals surface area contributed by atoms with Gasteiger partial charge in [-0.3, -0.25) is 10.1 Å². The number of aromatic nitrogens is 3. The van der Waals surface area contributed by atoms with Gasteiger partial charge in [0.15, 0.2) is 5.11 Å². The fourth-order valence-electron chi connectivity index (χ4n) is 2.89. The number of aryl methyl sites for hydroxylation is 1. The Kier molecular flexibility index (Phi) is 5.86. The maximum atomic E-state index is 13.2. The van der Waals surface area contributed by atoms with E-state index in [-0.39, 0.29) is 21.5 Å². The second kappa shape index (κ2) is 8.58. The maximum absolute atomic E-state index is 13.2. The molecule has 0 bridgehead atoms. The average Bonchev–Trinajstić information content (AvgIpc) is 3.11. The molecule has 0 atom stereocenters. The van der Waals surface area contributed by atoms with Crippen LogP contribution in [-0.4, -0.2) is 26.0 Å². The Labute approximate surface area is 192 Å². The molecule has 0 aliphatic heterocycles. The lowest BCUT2D eigenvalue weighted by Gasteiger charge is -2.12. The Morgan fingerprint density at radius 1 is 1.03 bits per heavy atom. The Balaban J connectivity index is 1.53. The number of rotatable bonds is 3.